The number of esters is 1. The van der Waals surface area contributed by atoms with E-state index >= 15 is 0 Å². The van der Waals surface area contributed by atoms with Crippen LogP contribution in [0.1, 0.15) is 37.9 Å². The average molecular weight is 563 g/mol. The zero-order valence-electron chi connectivity index (χ0n) is 23.4. The Morgan fingerprint density at radius 3 is 2.54 bits per heavy atom. The largest absolute Gasteiger partial charge is 0.493 e. The third kappa shape index (κ3) is 6.87. The summed E-state index contributed by atoms with van der Waals surface area (Å²) in [7, 11) is 1.28. The zero-order chi connectivity index (χ0) is 29.4. The number of carbonyl (C=O) groups excluding carboxylic acids is 2. The summed E-state index contributed by atoms with van der Waals surface area (Å²) in [6.45, 7) is 6.08. The number of amides is 2. The molecule has 3 aromatic rings. The maximum atomic E-state index is 12.4. The molecule has 1 heterocycles. The standard InChI is InChI=1S/C30H34N4O7/c1-5-39-23-13-11-19-9-7-8-10-21(19)22(23)16-31-34-26(35)17-41-24-14-12-20(15-25(24)40-6-2)28-27(29(36)38-4)18(3)32-30(37)33-28/h7-16,26,28,34-35H,5-6,17H2,1-4H3,(H2,32,33,37)/b31-16-/t26-,28+/m0/s1. The molecule has 0 saturated carbocycles. The van der Waals surface area contributed by atoms with Crippen molar-refractivity contribution in [2.45, 2.75) is 33.0 Å². The third-order valence-electron chi connectivity index (χ3n) is 6.32. The molecule has 41 heavy (non-hydrogen) atoms. The minimum atomic E-state index is -1.13. The van der Waals surface area contributed by atoms with Gasteiger partial charge < -0.3 is 34.7 Å². The summed E-state index contributed by atoms with van der Waals surface area (Å²) in [5.41, 5.74) is 4.74. The Labute approximate surface area is 238 Å². The van der Waals surface area contributed by atoms with Crippen LogP contribution in [0.15, 0.2) is 71.0 Å². The van der Waals surface area contributed by atoms with E-state index in [9.17, 15) is 14.7 Å². The highest BCUT2D eigenvalue weighted by Gasteiger charge is 2.32. The number of urea groups is 1. The SMILES string of the molecule is CCOc1cc([C@H]2NC(=O)NC(C)=C2C(=O)OC)ccc1OC[C@H](O)N/N=C\c1c(OCC)ccc2ccccc12. The van der Waals surface area contributed by atoms with Gasteiger partial charge in [0.15, 0.2) is 17.7 Å². The minimum absolute atomic E-state index is 0.138. The van der Waals surface area contributed by atoms with Crippen molar-refractivity contribution in [3.05, 3.63) is 77.0 Å². The van der Waals surface area contributed by atoms with E-state index in [-0.39, 0.29) is 12.2 Å². The number of aliphatic hydroxyl groups excluding tert-OH is 1. The van der Waals surface area contributed by atoms with Gasteiger partial charge in [0.2, 0.25) is 0 Å². The van der Waals surface area contributed by atoms with Crippen molar-refractivity contribution in [1.82, 2.24) is 16.1 Å². The molecule has 1 aliphatic rings. The molecular weight excluding hydrogens is 528 g/mol. The van der Waals surface area contributed by atoms with Gasteiger partial charge >= 0.3 is 12.0 Å². The van der Waals surface area contributed by atoms with Crippen LogP contribution in [0.3, 0.4) is 0 Å². The van der Waals surface area contributed by atoms with E-state index in [0.717, 1.165) is 16.3 Å². The van der Waals surface area contributed by atoms with E-state index in [1.54, 1.807) is 31.3 Å². The van der Waals surface area contributed by atoms with Gasteiger partial charge in [0.1, 0.15) is 12.4 Å². The molecular formula is C30H34N4O7. The molecule has 11 heteroatoms. The number of rotatable bonds is 12. The van der Waals surface area contributed by atoms with Gasteiger partial charge in [-0.2, -0.15) is 5.10 Å². The summed E-state index contributed by atoms with van der Waals surface area (Å²) in [5.74, 6) is 0.875. The first kappa shape index (κ1) is 29.2. The number of aliphatic hydroxyl groups is 1. The molecule has 4 N–H and O–H groups in total. The maximum absolute atomic E-state index is 12.4. The second kappa shape index (κ2) is 13.5. The van der Waals surface area contributed by atoms with Crippen LogP contribution in [0, 0.1) is 0 Å². The van der Waals surface area contributed by atoms with Crippen molar-refractivity contribution in [2.24, 2.45) is 5.10 Å². The first-order chi connectivity index (χ1) is 19.9. The maximum Gasteiger partial charge on any atom is 0.337 e. The number of nitrogens with one attached hydrogen (secondary N) is 3. The average Bonchev–Trinajstić information content (AvgIpc) is 2.97. The molecule has 3 aromatic carbocycles. The van der Waals surface area contributed by atoms with Gasteiger partial charge in [-0.05, 0) is 55.3 Å². The van der Waals surface area contributed by atoms with Crippen LogP contribution in [-0.4, -0.2) is 56.5 Å². The summed E-state index contributed by atoms with van der Waals surface area (Å²) in [4.78, 5) is 24.6. The third-order valence-corrected chi connectivity index (χ3v) is 6.32. The van der Waals surface area contributed by atoms with Crippen LogP contribution in [-0.2, 0) is 9.53 Å². The lowest BCUT2D eigenvalue weighted by Crippen LogP contribution is -2.45. The van der Waals surface area contributed by atoms with Crippen molar-refractivity contribution in [2.75, 3.05) is 26.9 Å². The van der Waals surface area contributed by atoms with Crippen molar-refractivity contribution in [1.29, 1.82) is 0 Å². The van der Waals surface area contributed by atoms with Gasteiger partial charge in [-0.25, -0.2) is 9.59 Å². The van der Waals surface area contributed by atoms with Crippen molar-refractivity contribution >= 4 is 29.0 Å². The second-order valence-electron chi connectivity index (χ2n) is 9.05. The van der Waals surface area contributed by atoms with E-state index < -0.39 is 24.3 Å². The smallest absolute Gasteiger partial charge is 0.337 e. The molecule has 0 spiro atoms. The van der Waals surface area contributed by atoms with Gasteiger partial charge in [-0.15, -0.1) is 0 Å². The van der Waals surface area contributed by atoms with Crippen LogP contribution >= 0.6 is 0 Å². The summed E-state index contributed by atoms with van der Waals surface area (Å²) >= 11 is 0. The first-order valence-corrected chi connectivity index (χ1v) is 13.2. The predicted octanol–water partition coefficient (Wildman–Crippen LogP) is 3.76. The fourth-order valence-corrected chi connectivity index (χ4v) is 4.50. The Balaban J connectivity index is 1.47. The highest BCUT2D eigenvalue weighted by Crippen LogP contribution is 2.35. The van der Waals surface area contributed by atoms with Crippen LogP contribution in [0.25, 0.3) is 10.8 Å². The number of hydrogen-bond acceptors (Lipinski definition) is 9. The van der Waals surface area contributed by atoms with E-state index in [4.69, 9.17) is 18.9 Å². The van der Waals surface area contributed by atoms with Crippen LogP contribution < -0.4 is 30.3 Å². The molecule has 0 unspecified atom stereocenters. The lowest BCUT2D eigenvalue weighted by atomic mass is 9.95. The number of allylic oxidation sites excluding steroid dienone is 1. The van der Waals surface area contributed by atoms with E-state index in [2.05, 4.69) is 21.2 Å². The monoisotopic (exact) mass is 562 g/mol. The van der Waals surface area contributed by atoms with Crippen LogP contribution in [0.2, 0.25) is 0 Å². The van der Waals surface area contributed by atoms with Gasteiger partial charge in [0.05, 0.1) is 38.2 Å². The molecule has 0 radical (unpaired) electrons. The summed E-state index contributed by atoms with van der Waals surface area (Å²) in [5, 5.41) is 22.1. The number of fused-ring (bicyclic) bond motifs is 1. The molecule has 0 bridgehead atoms. The Kier molecular flexibility index (Phi) is 9.64. The molecule has 0 saturated heterocycles. The topological polar surface area (TPSA) is 140 Å². The van der Waals surface area contributed by atoms with Gasteiger partial charge in [-0.1, -0.05) is 36.4 Å². The summed E-state index contributed by atoms with van der Waals surface area (Å²) in [6.07, 6.45) is 0.477. The molecule has 216 valence electrons. The molecule has 0 aromatic heterocycles. The van der Waals surface area contributed by atoms with Gasteiger partial charge in [0.25, 0.3) is 0 Å². The molecule has 2 amide bonds. The number of carbonyl (C=O) groups is 2. The Hall–Kier alpha value is -4.77. The quantitative estimate of drug-likeness (QED) is 0.113. The Morgan fingerprint density at radius 1 is 1.05 bits per heavy atom. The molecule has 11 nitrogen and oxygen atoms in total. The summed E-state index contributed by atoms with van der Waals surface area (Å²) < 4.78 is 22.3. The van der Waals surface area contributed by atoms with Gasteiger partial charge in [0, 0.05) is 11.3 Å². The zero-order valence-corrected chi connectivity index (χ0v) is 23.4. The number of nitrogens with zero attached hydrogens (tertiary/aromatic N) is 1. The number of ether oxygens (including phenoxy) is 4. The van der Waals surface area contributed by atoms with Crippen LogP contribution in [0.5, 0.6) is 17.2 Å². The number of hydrazone groups is 1. The molecule has 0 fully saturated rings. The predicted molar refractivity (Wildman–Crippen MR) is 154 cm³/mol. The highest BCUT2D eigenvalue weighted by atomic mass is 16.5. The molecule has 4 rings (SSSR count). The second-order valence-corrected chi connectivity index (χ2v) is 9.05. The van der Waals surface area contributed by atoms with Crippen LogP contribution in [0.4, 0.5) is 4.79 Å². The highest BCUT2D eigenvalue weighted by molar-refractivity contribution is 6.02. The fourth-order valence-electron chi connectivity index (χ4n) is 4.50. The van der Waals surface area contributed by atoms with E-state index in [1.165, 1.54) is 7.11 Å². The molecule has 0 aliphatic carbocycles. The number of hydrogen-bond donors (Lipinski definition) is 4. The minimum Gasteiger partial charge on any atom is -0.493 e. The Bertz CT molecular complexity index is 1470. The summed E-state index contributed by atoms with van der Waals surface area (Å²) in [6, 6.07) is 15.6. The van der Waals surface area contributed by atoms with Crippen molar-refractivity contribution < 1.29 is 33.6 Å². The van der Waals surface area contributed by atoms with Crippen molar-refractivity contribution in [3.63, 3.8) is 0 Å². The van der Waals surface area contributed by atoms with Gasteiger partial charge in [-0.3, -0.25) is 5.43 Å². The lowest BCUT2D eigenvalue weighted by Gasteiger charge is -2.28. The van der Waals surface area contributed by atoms with E-state index in [0.29, 0.717) is 41.7 Å². The number of methoxy groups -OCH3 is 1. The van der Waals surface area contributed by atoms with E-state index in [1.807, 2.05) is 50.2 Å². The fraction of sp³-hybridized carbons (Fsp3) is 0.300. The molecule has 1 aliphatic heterocycles. The molecule has 2 atom stereocenters. The Morgan fingerprint density at radius 2 is 1.78 bits per heavy atom. The number of benzene rings is 3. The van der Waals surface area contributed by atoms with Crippen molar-refractivity contribution in [3.8, 4) is 17.2 Å². The first-order valence-electron chi connectivity index (χ1n) is 13.2. The lowest BCUT2D eigenvalue weighted by molar-refractivity contribution is -0.136. The normalized spacial score (nSPS) is 15.7.